The summed E-state index contributed by atoms with van der Waals surface area (Å²) in [5.74, 6) is 0. The molecule has 0 saturated carbocycles. The summed E-state index contributed by atoms with van der Waals surface area (Å²) in [6.07, 6.45) is 1.41. The average Bonchev–Trinajstić information content (AvgIpc) is 3.46. The van der Waals surface area contributed by atoms with Crippen molar-refractivity contribution in [1.82, 2.24) is 0 Å². The normalized spacial score (nSPS) is 31.9. The summed E-state index contributed by atoms with van der Waals surface area (Å²) in [4.78, 5) is 0. The van der Waals surface area contributed by atoms with E-state index in [9.17, 15) is 10.2 Å². The van der Waals surface area contributed by atoms with Gasteiger partial charge in [-0.15, -0.1) is 0 Å². The lowest BCUT2D eigenvalue weighted by atomic mass is 9.85. The van der Waals surface area contributed by atoms with Crippen LogP contribution in [0.3, 0.4) is 0 Å². The van der Waals surface area contributed by atoms with Crippen molar-refractivity contribution in [2.24, 2.45) is 0 Å². The predicted octanol–water partition coefficient (Wildman–Crippen LogP) is 3.40. The minimum atomic E-state index is -2.64. The summed E-state index contributed by atoms with van der Waals surface area (Å²) in [5, 5.41) is 23.0. The van der Waals surface area contributed by atoms with Gasteiger partial charge in [-0.3, -0.25) is 0 Å². The molecule has 0 aromatic heterocycles. The Labute approximate surface area is 205 Å². The Kier molecular flexibility index (Phi) is 7.13. The standard InChI is InChI=1S/C28H40O5Si/c1-26(2,3)34(22-12-8-6-9-13-22,23-14-10-7-11-15-23)31-19-21-16-17-27(4,30)24(32-21)18-25-28(5,20-29)33-25/h6-15,21,24-25,29-30H,16-20H2,1-5H3/t21-,24-,25+,27+,28+/m0/s1. The highest BCUT2D eigenvalue weighted by molar-refractivity contribution is 6.99. The van der Waals surface area contributed by atoms with Gasteiger partial charge in [-0.25, -0.2) is 0 Å². The summed E-state index contributed by atoms with van der Waals surface area (Å²) in [6, 6.07) is 21.2. The molecule has 0 aliphatic carbocycles. The van der Waals surface area contributed by atoms with Crippen molar-refractivity contribution in [3.05, 3.63) is 60.7 Å². The van der Waals surface area contributed by atoms with Crippen molar-refractivity contribution >= 4 is 18.7 Å². The molecular weight excluding hydrogens is 444 g/mol. The largest absolute Gasteiger partial charge is 0.405 e. The van der Waals surface area contributed by atoms with Gasteiger partial charge < -0.3 is 24.1 Å². The molecule has 6 heteroatoms. The molecule has 0 amide bonds. The van der Waals surface area contributed by atoms with Gasteiger partial charge >= 0.3 is 0 Å². The zero-order valence-corrected chi connectivity index (χ0v) is 22.2. The van der Waals surface area contributed by atoms with Crippen molar-refractivity contribution in [1.29, 1.82) is 0 Å². The summed E-state index contributed by atoms with van der Waals surface area (Å²) >= 11 is 0. The van der Waals surface area contributed by atoms with Crippen molar-refractivity contribution in [3.63, 3.8) is 0 Å². The van der Waals surface area contributed by atoms with Crippen LogP contribution in [0.25, 0.3) is 0 Å². The molecule has 2 heterocycles. The van der Waals surface area contributed by atoms with Crippen LogP contribution in [0.2, 0.25) is 5.04 Å². The molecule has 34 heavy (non-hydrogen) atoms. The molecule has 2 N–H and O–H groups in total. The highest BCUT2D eigenvalue weighted by atomic mass is 28.4. The maximum Gasteiger partial charge on any atom is 0.261 e. The fourth-order valence-electron chi connectivity index (χ4n) is 5.39. The van der Waals surface area contributed by atoms with Gasteiger partial charge in [0.2, 0.25) is 0 Å². The first-order chi connectivity index (χ1) is 16.0. The number of epoxide rings is 1. The second kappa shape index (κ2) is 9.49. The second-order valence-electron chi connectivity index (χ2n) is 11.4. The molecular formula is C28H40O5Si. The van der Waals surface area contributed by atoms with Crippen LogP contribution >= 0.6 is 0 Å². The third kappa shape index (κ3) is 4.90. The lowest BCUT2D eigenvalue weighted by molar-refractivity contribution is -0.177. The topological polar surface area (TPSA) is 71.5 Å². The summed E-state index contributed by atoms with van der Waals surface area (Å²) < 4.78 is 19.2. The van der Waals surface area contributed by atoms with Crippen molar-refractivity contribution in [2.75, 3.05) is 13.2 Å². The summed E-state index contributed by atoms with van der Waals surface area (Å²) in [7, 11) is -2.64. The van der Waals surface area contributed by atoms with Crippen molar-refractivity contribution < 1.29 is 24.1 Å². The number of aliphatic hydroxyl groups is 2. The first kappa shape index (κ1) is 25.5. The Morgan fingerprint density at radius 1 is 0.971 bits per heavy atom. The number of aliphatic hydroxyl groups excluding tert-OH is 1. The Morgan fingerprint density at radius 3 is 2.00 bits per heavy atom. The molecule has 2 aliphatic heterocycles. The van der Waals surface area contributed by atoms with E-state index >= 15 is 0 Å². The summed E-state index contributed by atoms with van der Waals surface area (Å²) in [6.45, 7) is 11.0. The quantitative estimate of drug-likeness (QED) is 0.444. The third-order valence-corrected chi connectivity index (χ3v) is 12.7. The lowest BCUT2D eigenvalue weighted by Crippen LogP contribution is -2.67. The second-order valence-corrected chi connectivity index (χ2v) is 15.7. The molecule has 0 bridgehead atoms. The molecule has 2 fully saturated rings. The van der Waals surface area contributed by atoms with Gasteiger partial charge in [-0.1, -0.05) is 81.4 Å². The molecule has 5 atom stereocenters. The molecule has 5 nitrogen and oxygen atoms in total. The molecule has 0 spiro atoms. The van der Waals surface area contributed by atoms with Gasteiger partial charge in [0.25, 0.3) is 8.32 Å². The minimum absolute atomic E-state index is 0.0209. The van der Waals surface area contributed by atoms with Gasteiger partial charge in [0.05, 0.1) is 37.1 Å². The predicted molar refractivity (Wildman–Crippen MR) is 137 cm³/mol. The van der Waals surface area contributed by atoms with Crippen molar-refractivity contribution in [3.8, 4) is 0 Å². The van der Waals surface area contributed by atoms with E-state index < -0.39 is 19.5 Å². The van der Waals surface area contributed by atoms with Crippen LogP contribution in [0.1, 0.15) is 53.9 Å². The van der Waals surface area contributed by atoms with E-state index in [-0.39, 0.29) is 30.0 Å². The van der Waals surface area contributed by atoms with Crippen LogP contribution in [0, 0.1) is 0 Å². The van der Waals surface area contributed by atoms with E-state index in [2.05, 4.69) is 69.3 Å². The maximum absolute atomic E-state index is 11.0. The Balaban J connectivity index is 1.57. The van der Waals surface area contributed by atoms with Gasteiger partial charge in [0, 0.05) is 6.42 Å². The van der Waals surface area contributed by atoms with E-state index in [1.165, 1.54) is 10.4 Å². The van der Waals surface area contributed by atoms with E-state index in [0.717, 1.165) is 6.42 Å². The molecule has 4 rings (SSSR count). The Hall–Kier alpha value is -1.54. The van der Waals surface area contributed by atoms with Gasteiger partial charge in [0.15, 0.2) is 0 Å². The zero-order valence-electron chi connectivity index (χ0n) is 21.2. The molecule has 186 valence electrons. The first-order valence-electron chi connectivity index (χ1n) is 12.4. The van der Waals surface area contributed by atoms with Crippen molar-refractivity contribution in [2.45, 2.75) is 88.4 Å². The smallest absolute Gasteiger partial charge is 0.261 e. The number of benzene rings is 2. The van der Waals surface area contributed by atoms with Crippen LogP contribution in [-0.2, 0) is 13.9 Å². The van der Waals surface area contributed by atoms with Crippen LogP contribution < -0.4 is 10.4 Å². The maximum atomic E-state index is 11.0. The number of hydrogen-bond acceptors (Lipinski definition) is 5. The first-order valence-corrected chi connectivity index (χ1v) is 14.3. The van der Waals surface area contributed by atoms with E-state index in [4.69, 9.17) is 13.9 Å². The SMILES string of the molecule is CC(C)(C)[Si](OC[C@@H]1CC[C@@](C)(O)[C@H](C[C@H]2O[C@]2(C)CO)O1)(c1ccccc1)c1ccccc1. The van der Waals surface area contributed by atoms with E-state index in [0.29, 0.717) is 19.4 Å². The van der Waals surface area contributed by atoms with Crippen LogP contribution in [0.15, 0.2) is 60.7 Å². The molecule has 0 radical (unpaired) electrons. The van der Waals surface area contributed by atoms with Gasteiger partial charge in [-0.05, 0) is 42.1 Å². The fraction of sp³-hybridized carbons (Fsp3) is 0.571. The molecule has 0 unspecified atom stereocenters. The molecule has 2 aromatic rings. The fourth-order valence-corrected chi connectivity index (χ4v) is 9.99. The summed E-state index contributed by atoms with van der Waals surface area (Å²) in [5.41, 5.74) is -1.44. The Bertz CT molecular complexity index is 903. The third-order valence-electron chi connectivity index (χ3n) is 7.70. The van der Waals surface area contributed by atoms with Crippen LogP contribution in [-0.4, -0.2) is 61.3 Å². The van der Waals surface area contributed by atoms with Gasteiger partial charge in [0.1, 0.15) is 5.60 Å². The molecule has 2 saturated heterocycles. The van der Waals surface area contributed by atoms with Crippen LogP contribution in [0.5, 0.6) is 0 Å². The highest BCUT2D eigenvalue weighted by Gasteiger charge is 2.55. The molecule has 2 aromatic carbocycles. The number of ether oxygens (including phenoxy) is 2. The minimum Gasteiger partial charge on any atom is -0.405 e. The average molecular weight is 485 g/mol. The zero-order chi connectivity index (χ0) is 24.6. The number of hydrogen-bond donors (Lipinski definition) is 2. The Morgan fingerprint density at radius 2 is 1.53 bits per heavy atom. The van der Waals surface area contributed by atoms with E-state index in [1.54, 1.807) is 0 Å². The lowest BCUT2D eigenvalue weighted by Gasteiger charge is -2.45. The molecule has 2 aliphatic rings. The van der Waals surface area contributed by atoms with Crippen LogP contribution in [0.4, 0.5) is 0 Å². The van der Waals surface area contributed by atoms with Gasteiger partial charge in [-0.2, -0.15) is 0 Å². The van der Waals surface area contributed by atoms with E-state index in [1.807, 2.05) is 26.0 Å². The number of rotatable bonds is 8. The monoisotopic (exact) mass is 484 g/mol. The highest BCUT2D eigenvalue weighted by Crippen LogP contribution is 2.43.